The number of hydrogen-bond acceptors (Lipinski definition) is 4. The normalized spacial score (nSPS) is 11.8. The van der Waals surface area contributed by atoms with E-state index in [-0.39, 0.29) is 23.8 Å². The van der Waals surface area contributed by atoms with Gasteiger partial charge in [-0.1, -0.05) is 26.8 Å². The van der Waals surface area contributed by atoms with Gasteiger partial charge in [-0.2, -0.15) is 5.10 Å². The molecule has 0 atom stereocenters. The molecule has 2 aromatic heterocycles. The molecule has 24 heavy (non-hydrogen) atoms. The number of hydrogen-bond donors (Lipinski definition) is 3. The zero-order valence-corrected chi connectivity index (χ0v) is 14.0. The summed E-state index contributed by atoms with van der Waals surface area (Å²) in [6, 6.07) is 5.98. The van der Waals surface area contributed by atoms with Gasteiger partial charge >= 0.3 is 0 Å². The van der Waals surface area contributed by atoms with Gasteiger partial charge in [0.15, 0.2) is 5.82 Å². The van der Waals surface area contributed by atoms with Gasteiger partial charge in [-0.15, -0.1) is 0 Å². The summed E-state index contributed by atoms with van der Waals surface area (Å²) in [6.07, 6.45) is 3.20. The van der Waals surface area contributed by atoms with Crippen molar-refractivity contribution < 1.29 is 9.90 Å². The molecular formula is C17H21N5O2. The maximum atomic E-state index is 12.3. The van der Waals surface area contributed by atoms with Crippen molar-refractivity contribution in [1.82, 2.24) is 19.7 Å². The van der Waals surface area contributed by atoms with Crippen LogP contribution in [0.2, 0.25) is 0 Å². The maximum absolute atomic E-state index is 12.3. The van der Waals surface area contributed by atoms with Crippen molar-refractivity contribution in [2.45, 2.75) is 32.7 Å². The third kappa shape index (κ3) is 3.30. The Kier molecular flexibility index (Phi) is 4.11. The number of aliphatic hydroxyl groups excluding tert-OH is 1. The van der Waals surface area contributed by atoms with Gasteiger partial charge in [-0.3, -0.25) is 9.48 Å². The molecule has 3 rings (SSSR count). The second-order valence-corrected chi connectivity index (χ2v) is 6.74. The zero-order valence-electron chi connectivity index (χ0n) is 14.0. The van der Waals surface area contributed by atoms with E-state index in [4.69, 9.17) is 5.11 Å². The molecule has 0 bridgehead atoms. The lowest BCUT2D eigenvalue weighted by Crippen LogP contribution is -2.13. The summed E-state index contributed by atoms with van der Waals surface area (Å²) in [7, 11) is 0. The van der Waals surface area contributed by atoms with Crippen LogP contribution < -0.4 is 5.32 Å². The number of imidazole rings is 1. The van der Waals surface area contributed by atoms with E-state index in [0.717, 1.165) is 11.0 Å². The molecule has 3 aromatic rings. The van der Waals surface area contributed by atoms with Gasteiger partial charge in [0.1, 0.15) is 0 Å². The summed E-state index contributed by atoms with van der Waals surface area (Å²) >= 11 is 0. The Morgan fingerprint density at radius 2 is 2.17 bits per heavy atom. The fourth-order valence-electron chi connectivity index (χ4n) is 2.43. The van der Waals surface area contributed by atoms with E-state index in [9.17, 15) is 4.79 Å². The number of carbonyl (C=O) groups is 1. The Balaban J connectivity index is 1.81. The minimum atomic E-state index is -0.327. The van der Waals surface area contributed by atoms with E-state index in [0.29, 0.717) is 12.2 Å². The van der Waals surface area contributed by atoms with Gasteiger partial charge in [0.25, 0.3) is 5.91 Å². The molecule has 0 aliphatic carbocycles. The van der Waals surface area contributed by atoms with Crippen molar-refractivity contribution >= 4 is 22.6 Å². The molecule has 0 saturated carbocycles. The lowest BCUT2D eigenvalue weighted by atomic mass is 9.87. The summed E-state index contributed by atoms with van der Waals surface area (Å²) in [5.41, 5.74) is 3.36. The van der Waals surface area contributed by atoms with Crippen molar-refractivity contribution in [2.24, 2.45) is 0 Å². The fourth-order valence-corrected chi connectivity index (χ4v) is 2.43. The van der Waals surface area contributed by atoms with E-state index in [2.05, 4.69) is 41.2 Å². The van der Waals surface area contributed by atoms with Crippen LogP contribution in [0.4, 0.5) is 5.69 Å². The highest BCUT2D eigenvalue weighted by molar-refractivity contribution is 6.03. The number of aromatic amines is 1. The molecule has 0 radical (unpaired) electrons. The Morgan fingerprint density at radius 1 is 1.38 bits per heavy atom. The predicted octanol–water partition coefficient (Wildman–Crippen LogP) is 2.30. The van der Waals surface area contributed by atoms with Crippen molar-refractivity contribution in [2.75, 3.05) is 11.9 Å². The van der Waals surface area contributed by atoms with E-state index >= 15 is 0 Å². The number of anilines is 1. The van der Waals surface area contributed by atoms with E-state index < -0.39 is 0 Å². The third-order valence-corrected chi connectivity index (χ3v) is 3.78. The molecular weight excluding hydrogens is 306 g/mol. The summed E-state index contributed by atoms with van der Waals surface area (Å²) in [5, 5.41) is 15.7. The van der Waals surface area contributed by atoms with E-state index in [1.807, 2.05) is 18.2 Å². The molecule has 0 aliphatic rings. The monoisotopic (exact) mass is 327 g/mol. The fraction of sp³-hybridized carbons (Fsp3) is 0.353. The molecule has 0 saturated heterocycles. The standard InChI is InChI=1S/C17H21N5O2/c1-17(2,3)11-4-5-13-14(8-11)21-15(20-13)16(24)19-12-9-18-22(10-12)6-7-23/h4-5,8-10,23H,6-7H2,1-3H3,(H,19,24)(H,20,21). The van der Waals surface area contributed by atoms with Gasteiger partial charge in [0.05, 0.1) is 36.1 Å². The first-order valence-electron chi connectivity index (χ1n) is 7.82. The largest absolute Gasteiger partial charge is 0.394 e. The number of aromatic nitrogens is 4. The lowest BCUT2D eigenvalue weighted by molar-refractivity contribution is 0.101. The number of fused-ring (bicyclic) bond motifs is 1. The number of rotatable bonds is 4. The zero-order chi connectivity index (χ0) is 17.3. The number of nitrogens with one attached hydrogen (secondary N) is 2. The number of aliphatic hydroxyl groups is 1. The average molecular weight is 327 g/mol. The van der Waals surface area contributed by atoms with Crippen LogP contribution in [0.5, 0.6) is 0 Å². The lowest BCUT2D eigenvalue weighted by Gasteiger charge is -2.18. The highest BCUT2D eigenvalue weighted by atomic mass is 16.3. The number of nitrogens with zero attached hydrogens (tertiary/aromatic N) is 3. The van der Waals surface area contributed by atoms with Crippen LogP contribution in [-0.2, 0) is 12.0 Å². The molecule has 0 fully saturated rings. The van der Waals surface area contributed by atoms with Gasteiger partial charge in [0, 0.05) is 6.20 Å². The predicted molar refractivity (Wildman–Crippen MR) is 92.1 cm³/mol. The molecule has 1 amide bonds. The molecule has 2 heterocycles. The number of H-pyrrole nitrogens is 1. The van der Waals surface area contributed by atoms with Crippen LogP contribution >= 0.6 is 0 Å². The van der Waals surface area contributed by atoms with Gasteiger partial charge < -0.3 is 15.4 Å². The number of carbonyl (C=O) groups excluding carboxylic acids is 1. The Labute approximate surface area is 139 Å². The Hall–Kier alpha value is -2.67. The molecule has 0 aliphatic heterocycles. The first-order chi connectivity index (χ1) is 11.4. The molecule has 1 aromatic carbocycles. The first kappa shape index (κ1) is 16.2. The molecule has 0 unspecified atom stereocenters. The van der Waals surface area contributed by atoms with Crippen LogP contribution in [0.3, 0.4) is 0 Å². The third-order valence-electron chi connectivity index (χ3n) is 3.78. The van der Waals surface area contributed by atoms with Crippen molar-refractivity contribution in [1.29, 1.82) is 0 Å². The quantitative estimate of drug-likeness (QED) is 0.685. The summed E-state index contributed by atoms with van der Waals surface area (Å²) < 4.78 is 1.56. The van der Waals surface area contributed by atoms with Gasteiger partial charge in [-0.05, 0) is 23.1 Å². The number of amides is 1. The van der Waals surface area contributed by atoms with E-state index in [1.165, 1.54) is 11.8 Å². The maximum Gasteiger partial charge on any atom is 0.291 e. The summed E-state index contributed by atoms with van der Waals surface area (Å²) in [6.45, 7) is 6.80. The topological polar surface area (TPSA) is 95.8 Å². The van der Waals surface area contributed by atoms with E-state index in [1.54, 1.807) is 10.9 Å². The summed E-state index contributed by atoms with van der Waals surface area (Å²) in [5.74, 6) is -0.0713. The number of benzene rings is 1. The smallest absolute Gasteiger partial charge is 0.291 e. The molecule has 3 N–H and O–H groups in total. The van der Waals surface area contributed by atoms with Gasteiger partial charge in [-0.25, -0.2) is 4.98 Å². The molecule has 7 nitrogen and oxygen atoms in total. The van der Waals surface area contributed by atoms with Crippen molar-refractivity contribution in [3.8, 4) is 0 Å². The minimum absolute atomic E-state index is 0.00521. The highest BCUT2D eigenvalue weighted by Gasteiger charge is 2.17. The second-order valence-electron chi connectivity index (χ2n) is 6.74. The molecule has 7 heteroatoms. The van der Waals surface area contributed by atoms with Crippen LogP contribution in [0.25, 0.3) is 11.0 Å². The van der Waals surface area contributed by atoms with Gasteiger partial charge in [0.2, 0.25) is 0 Å². The van der Waals surface area contributed by atoms with Crippen LogP contribution in [-0.4, -0.2) is 37.4 Å². The van der Waals surface area contributed by atoms with Crippen molar-refractivity contribution in [3.05, 3.63) is 42.0 Å². The van der Waals surface area contributed by atoms with Crippen LogP contribution in [0, 0.1) is 0 Å². The highest BCUT2D eigenvalue weighted by Crippen LogP contribution is 2.25. The molecule has 0 spiro atoms. The van der Waals surface area contributed by atoms with Crippen LogP contribution in [0.1, 0.15) is 37.0 Å². The Bertz CT molecular complexity index is 873. The minimum Gasteiger partial charge on any atom is -0.394 e. The average Bonchev–Trinajstić information content (AvgIpc) is 3.12. The SMILES string of the molecule is CC(C)(C)c1ccc2nc(C(=O)Nc3cnn(CCO)c3)[nH]c2c1. The Morgan fingerprint density at radius 3 is 2.88 bits per heavy atom. The molecule has 126 valence electrons. The summed E-state index contributed by atoms with van der Waals surface area (Å²) in [4.78, 5) is 19.8. The van der Waals surface area contributed by atoms with Crippen molar-refractivity contribution in [3.63, 3.8) is 0 Å². The van der Waals surface area contributed by atoms with Crippen LogP contribution in [0.15, 0.2) is 30.6 Å². The first-order valence-corrected chi connectivity index (χ1v) is 7.82. The second kappa shape index (κ2) is 6.09.